The quantitative estimate of drug-likeness (QED) is 0.213. The lowest BCUT2D eigenvalue weighted by atomic mass is 9.96. The van der Waals surface area contributed by atoms with E-state index in [-0.39, 0.29) is 17.8 Å². The Bertz CT molecular complexity index is 1640. The molecule has 42 heavy (non-hydrogen) atoms. The first kappa shape index (κ1) is 27.5. The van der Waals surface area contributed by atoms with Crippen molar-refractivity contribution >= 4 is 5.91 Å². The molecule has 1 aliphatic heterocycles. The van der Waals surface area contributed by atoms with Crippen molar-refractivity contribution in [1.29, 1.82) is 0 Å². The fourth-order valence-corrected chi connectivity index (χ4v) is 6.00. The first-order valence-corrected chi connectivity index (χ1v) is 14.3. The van der Waals surface area contributed by atoms with Crippen molar-refractivity contribution in [2.45, 2.75) is 13.0 Å². The fraction of sp³-hybridized carbons (Fsp3) is 0.194. The van der Waals surface area contributed by atoms with E-state index < -0.39 is 0 Å². The first-order valence-electron chi connectivity index (χ1n) is 14.3. The molecule has 0 N–H and O–H groups in total. The van der Waals surface area contributed by atoms with Crippen molar-refractivity contribution in [2.24, 2.45) is 0 Å². The topological polar surface area (TPSA) is 37.7 Å². The molecule has 0 saturated carbocycles. The minimum atomic E-state index is -0.346. The minimum absolute atomic E-state index is 0.0395. The summed E-state index contributed by atoms with van der Waals surface area (Å²) in [6.07, 6.45) is 0. The molecule has 0 aliphatic carbocycles. The normalized spacial score (nSPS) is 13.9. The van der Waals surface area contributed by atoms with Gasteiger partial charge in [0.1, 0.15) is 11.6 Å². The Morgan fingerprint density at radius 2 is 1.38 bits per heavy atom. The number of hydrogen-bond acceptors (Lipinski definition) is 3. The molecule has 1 fully saturated rings. The summed E-state index contributed by atoms with van der Waals surface area (Å²) < 4.78 is 22.4. The Balaban J connectivity index is 1.30. The van der Waals surface area contributed by atoms with Gasteiger partial charge in [-0.05, 0) is 48.4 Å². The lowest BCUT2D eigenvalue weighted by molar-refractivity contribution is 0.0596. The summed E-state index contributed by atoms with van der Waals surface area (Å²) in [5, 5.41) is 0. The van der Waals surface area contributed by atoms with Crippen LogP contribution >= 0.6 is 0 Å². The van der Waals surface area contributed by atoms with Crippen molar-refractivity contribution < 1.29 is 13.9 Å². The summed E-state index contributed by atoms with van der Waals surface area (Å²) in [5.41, 5.74) is 5.76. The van der Waals surface area contributed by atoms with Gasteiger partial charge in [-0.15, -0.1) is 0 Å². The summed E-state index contributed by atoms with van der Waals surface area (Å²) in [6.45, 7) is 4.59. The number of aromatic nitrogens is 1. The van der Waals surface area contributed by atoms with Crippen LogP contribution in [0.2, 0.25) is 0 Å². The zero-order valence-corrected chi connectivity index (χ0v) is 23.9. The number of benzene rings is 4. The number of halogens is 1. The van der Waals surface area contributed by atoms with Gasteiger partial charge in [0.15, 0.2) is 0 Å². The average molecular weight is 560 g/mol. The molecule has 0 bridgehead atoms. The van der Waals surface area contributed by atoms with Gasteiger partial charge in [0, 0.05) is 37.4 Å². The maximum Gasteiger partial charge on any atom is 0.255 e. The lowest BCUT2D eigenvalue weighted by Crippen LogP contribution is -2.50. The Morgan fingerprint density at radius 1 is 0.762 bits per heavy atom. The number of rotatable bonds is 7. The molecular formula is C36H34FN3O2. The number of para-hydroxylation sites is 1. The third-order valence-electron chi connectivity index (χ3n) is 8.13. The molecule has 0 radical (unpaired) electrons. The molecule has 5 aromatic rings. The number of amides is 1. The third kappa shape index (κ3) is 5.33. The molecule has 2 heterocycles. The van der Waals surface area contributed by atoms with Gasteiger partial charge in [-0.3, -0.25) is 9.69 Å². The highest BCUT2D eigenvalue weighted by atomic mass is 19.1. The highest BCUT2D eigenvalue weighted by molar-refractivity contribution is 5.97. The second kappa shape index (κ2) is 12.0. The van der Waals surface area contributed by atoms with Crippen molar-refractivity contribution in [3.63, 3.8) is 0 Å². The molecular weight excluding hydrogens is 525 g/mol. The number of carbonyl (C=O) groups is 1. The largest absolute Gasteiger partial charge is 0.497 e. The molecule has 1 aromatic heterocycles. The van der Waals surface area contributed by atoms with Gasteiger partial charge in [0.05, 0.1) is 30.1 Å². The molecule has 0 atom stereocenters. The Morgan fingerprint density at radius 3 is 2.00 bits per heavy atom. The SMILES string of the molecule is COc1cccc(-c2cc(C(=O)N3CCN(C(c4ccccc4)c4ccccc4)CC3)c(C)n2-c2ccccc2F)c1. The van der Waals surface area contributed by atoms with E-state index in [1.54, 1.807) is 19.2 Å². The predicted octanol–water partition coefficient (Wildman–Crippen LogP) is 7.15. The van der Waals surface area contributed by atoms with E-state index in [2.05, 4.69) is 53.4 Å². The summed E-state index contributed by atoms with van der Waals surface area (Å²) in [7, 11) is 1.62. The van der Waals surface area contributed by atoms with Gasteiger partial charge < -0.3 is 14.2 Å². The van der Waals surface area contributed by atoms with Crippen LogP contribution in [0.4, 0.5) is 4.39 Å². The highest BCUT2D eigenvalue weighted by Gasteiger charge is 2.30. The predicted molar refractivity (Wildman–Crippen MR) is 165 cm³/mol. The number of methoxy groups -OCH3 is 1. The van der Waals surface area contributed by atoms with Crippen LogP contribution in [0.15, 0.2) is 115 Å². The average Bonchev–Trinajstić information content (AvgIpc) is 3.39. The van der Waals surface area contributed by atoms with E-state index in [9.17, 15) is 4.79 Å². The number of nitrogens with zero attached hydrogens (tertiary/aromatic N) is 3. The van der Waals surface area contributed by atoms with E-state index in [1.807, 2.05) is 64.9 Å². The van der Waals surface area contributed by atoms with Gasteiger partial charge in [0.25, 0.3) is 5.91 Å². The number of piperazine rings is 1. The van der Waals surface area contributed by atoms with Crippen LogP contribution in [0.1, 0.15) is 33.2 Å². The second-order valence-corrected chi connectivity index (χ2v) is 10.6. The van der Waals surface area contributed by atoms with Crippen LogP contribution in [-0.4, -0.2) is 53.6 Å². The van der Waals surface area contributed by atoms with Crippen LogP contribution < -0.4 is 4.74 Å². The van der Waals surface area contributed by atoms with Crippen LogP contribution in [0.5, 0.6) is 5.75 Å². The first-order chi connectivity index (χ1) is 20.5. The Kier molecular flexibility index (Phi) is 7.89. The molecule has 0 unspecified atom stereocenters. The molecule has 6 rings (SSSR count). The smallest absolute Gasteiger partial charge is 0.255 e. The van der Waals surface area contributed by atoms with E-state index >= 15 is 4.39 Å². The Labute approximate surface area is 246 Å². The molecule has 0 spiro atoms. The van der Waals surface area contributed by atoms with Crippen molar-refractivity contribution in [1.82, 2.24) is 14.4 Å². The molecule has 212 valence electrons. The summed E-state index contributed by atoms with van der Waals surface area (Å²) in [6, 6.07) is 37.4. The molecule has 4 aromatic carbocycles. The van der Waals surface area contributed by atoms with E-state index in [1.165, 1.54) is 17.2 Å². The number of carbonyl (C=O) groups excluding carboxylic acids is 1. The summed E-state index contributed by atoms with van der Waals surface area (Å²) in [5.74, 6) is 0.310. The van der Waals surface area contributed by atoms with Crippen LogP contribution in [-0.2, 0) is 0 Å². The second-order valence-electron chi connectivity index (χ2n) is 10.6. The van der Waals surface area contributed by atoms with Crippen molar-refractivity contribution in [3.05, 3.63) is 143 Å². The zero-order chi connectivity index (χ0) is 29.1. The number of hydrogen-bond donors (Lipinski definition) is 0. The van der Waals surface area contributed by atoms with Crippen LogP contribution in [0.3, 0.4) is 0 Å². The summed E-state index contributed by atoms with van der Waals surface area (Å²) in [4.78, 5) is 18.4. The molecule has 5 nitrogen and oxygen atoms in total. The van der Waals surface area contributed by atoms with Crippen LogP contribution in [0, 0.1) is 12.7 Å². The maximum absolute atomic E-state index is 15.1. The van der Waals surface area contributed by atoms with Gasteiger partial charge >= 0.3 is 0 Å². The van der Waals surface area contributed by atoms with Crippen molar-refractivity contribution in [3.8, 4) is 22.7 Å². The van der Waals surface area contributed by atoms with Gasteiger partial charge in [-0.1, -0.05) is 84.9 Å². The zero-order valence-electron chi connectivity index (χ0n) is 23.9. The molecule has 1 amide bonds. The van der Waals surface area contributed by atoms with Gasteiger partial charge in [-0.25, -0.2) is 4.39 Å². The van der Waals surface area contributed by atoms with Crippen LogP contribution in [0.25, 0.3) is 16.9 Å². The van der Waals surface area contributed by atoms with E-state index in [4.69, 9.17) is 4.74 Å². The van der Waals surface area contributed by atoms with E-state index in [0.717, 1.165) is 24.3 Å². The monoisotopic (exact) mass is 559 g/mol. The minimum Gasteiger partial charge on any atom is -0.497 e. The van der Waals surface area contributed by atoms with Crippen molar-refractivity contribution in [2.75, 3.05) is 33.3 Å². The third-order valence-corrected chi connectivity index (χ3v) is 8.13. The lowest BCUT2D eigenvalue weighted by Gasteiger charge is -2.39. The van der Waals surface area contributed by atoms with Gasteiger partial charge in [-0.2, -0.15) is 0 Å². The maximum atomic E-state index is 15.1. The molecule has 6 heteroatoms. The fourth-order valence-electron chi connectivity index (χ4n) is 6.00. The molecule has 1 aliphatic rings. The standard InChI is InChI=1S/C36H34FN3O2/c1-26-31(25-34(29-16-11-17-30(24-29)42-2)40(26)33-19-10-9-18-32(33)37)36(41)39-22-20-38(21-23-39)35(27-12-5-3-6-13-27)28-14-7-4-8-15-28/h3-19,24-25,35H,20-23H2,1-2H3. The highest BCUT2D eigenvalue weighted by Crippen LogP contribution is 2.34. The number of ether oxygens (including phenoxy) is 1. The van der Waals surface area contributed by atoms with Gasteiger partial charge in [0.2, 0.25) is 0 Å². The summed E-state index contributed by atoms with van der Waals surface area (Å²) >= 11 is 0. The molecule has 1 saturated heterocycles. The van der Waals surface area contributed by atoms with E-state index in [0.29, 0.717) is 35.8 Å². The Hall–Kier alpha value is -4.68.